The van der Waals surface area contributed by atoms with Crippen LogP contribution >= 0.6 is 11.8 Å². The molecule has 0 bridgehead atoms. The lowest BCUT2D eigenvalue weighted by Crippen LogP contribution is -2.18. The summed E-state index contributed by atoms with van der Waals surface area (Å²) in [6.07, 6.45) is 2.87. The number of nitrogens with two attached hydrogens (primary N) is 1. The fraction of sp³-hybridized carbons (Fsp3) is 0.538. The normalized spacial score (nSPS) is 12.2. The van der Waals surface area contributed by atoms with Gasteiger partial charge in [-0.25, -0.2) is 0 Å². The van der Waals surface area contributed by atoms with Crippen LogP contribution in [0.25, 0.3) is 0 Å². The minimum Gasteiger partial charge on any atom is -0.497 e. The molecule has 0 fully saturated rings. The molecule has 4 heteroatoms. The Hall–Kier alpha value is -0.870. The van der Waals surface area contributed by atoms with E-state index in [1.54, 1.807) is 18.9 Å². The van der Waals surface area contributed by atoms with Crippen molar-refractivity contribution in [2.75, 3.05) is 25.7 Å². The van der Waals surface area contributed by atoms with Gasteiger partial charge in [-0.2, -0.15) is 11.8 Å². The summed E-state index contributed by atoms with van der Waals surface area (Å²) in [5.74, 6) is 2.75. The average Bonchev–Trinajstić information content (AvgIpc) is 2.30. The second kappa shape index (κ2) is 7.45. The van der Waals surface area contributed by atoms with Crippen LogP contribution in [0, 0.1) is 0 Å². The lowest BCUT2D eigenvalue weighted by atomic mass is 10.1. The molecule has 1 aromatic carbocycles. The third-order valence-corrected chi connectivity index (χ3v) is 2.93. The van der Waals surface area contributed by atoms with Crippen molar-refractivity contribution in [2.24, 2.45) is 5.73 Å². The molecule has 0 heterocycles. The van der Waals surface area contributed by atoms with Crippen molar-refractivity contribution in [1.29, 1.82) is 0 Å². The molecule has 1 aromatic rings. The predicted octanol–water partition coefficient (Wildman–Crippen LogP) is 2.33. The van der Waals surface area contributed by atoms with Gasteiger partial charge in [-0.05, 0) is 43.4 Å². The highest BCUT2D eigenvalue weighted by Crippen LogP contribution is 2.25. The number of ether oxygens (including phenoxy) is 2. The Morgan fingerprint density at radius 3 is 2.76 bits per heavy atom. The van der Waals surface area contributed by atoms with Gasteiger partial charge in [0.25, 0.3) is 0 Å². The first kappa shape index (κ1) is 14.2. The maximum Gasteiger partial charge on any atom is 0.122 e. The highest BCUT2D eigenvalue weighted by Gasteiger charge is 2.08. The molecular weight excluding hydrogens is 234 g/mol. The summed E-state index contributed by atoms with van der Waals surface area (Å²) in [6, 6.07) is 5.98. The van der Waals surface area contributed by atoms with E-state index >= 15 is 0 Å². The number of methoxy groups -OCH3 is 1. The molecule has 2 N–H and O–H groups in total. The Morgan fingerprint density at radius 1 is 1.41 bits per heavy atom. The first-order valence-electron chi connectivity index (χ1n) is 5.71. The fourth-order valence-electron chi connectivity index (χ4n) is 1.56. The lowest BCUT2D eigenvalue weighted by molar-refractivity contribution is 0.338. The molecule has 0 aromatic heterocycles. The zero-order chi connectivity index (χ0) is 12.7. The third kappa shape index (κ3) is 4.88. The quantitative estimate of drug-likeness (QED) is 0.760. The van der Waals surface area contributed by atoms with Crippen LogP contribution < -0.4 is 15.2 Å². The van der Waals surface area contributed by atoms with Gasteiger partial charge in [0.05, 0.1) is 13.7 Å². The van der Waals surface area contributed by atoms with Gasteiger partial charge in [0.1, 0.15) is 11.5 Å². The zero-order valence-electron chi connectivity index (χ0n) is 10.7. The van der Waals surface area contributed by atoms with Crippen molar-refractivity contribution >= 4 is 11.8 Å². The van der Waals surface area contributed by atoms with Gasteiger partial charge in [-0.1, -0.05) is 0 Å². The molecular formula is C13H21NO2S. The average molecular weight is 255 g/mol. The molecule has 0 saturated heterocycles. The molecule has 0 radical (unpaired) electrons. The highest BCUT2D eigenvalue weighted by atomic mass is 32.2. The standard InChI is InChI=1S/C13H21NO2S/c1-10(14)8-11-9-12(15-2)4-5-13(11)16-6-7-17-3/h4-5,9-10H,6-8,14H2,1-3H3. The summed E-state index contributed by atoms with van der Waals surface area (Å²) in [5, 5.41) is 0. The van der Waals surface area contributed by atoms with Crippen LogP contribution in [0.5, 0.6) is 11.5 Å². The lowest BCUT2D eigenvalue weighted by Gasteiger charge is -2.14. The van der Waals surface area contributed by atoms with E-state index in [1.165, 1.54) is 0 Å². The molecule has 0 saturated carbocycles. The van der Waals surface area contributed by atoms with Crippen LogP contribution in [0.3, 0.4) is 0 Å². The number of rotatable bonds is 7. The maximum atomic E-state index is 5.84. The largest absolute Gasteiger partial charge is 0.497 e. The van der Waals surface area contributed by atoms with E-state index in [1.807, 2.05) is 25.1 Å². The van der Waals surface area contributed by atoms with E-state index < -0.39 is 0 Å². The topological polar surface area (TPSA) is 44.5 Å². The molecule has 0 amide bonds. The second-order valence-electron chi connectivity index (χ2n) is 4.00. The summed E-state index contributed by atoms with van der Waals surface area (Å²) in [4.78, 5) is 0. The van der Waals surface area contributed by atoms with E-state index in [9.17, 15) is 0 Å². The van der Waals surface area contributed by atoms with Gasteiger partial charge in [-0.15, -0.1) is 0 Å². The van der Waals surface area contributed by atoms with Gasteiger partial charge in [0, 0.05) is 11.8 Å². The summed E-state index contributed by atoms with van der Waals surface area (Å²) in [6.45, 7) is 2.71. The van der Waals surface area contributed by atoms with E-state index in [0.29, 0.717) is 0 Å². The SMILES string of the molecule is COc1ccc(OCCSC)c(CC(C)N)c1. The van der Waals surface area contributed by atoms with Crippen molar-refractivity contribution in [3.8, 4) is 11.5 Å². The molecule has 1 atom stereocenters. The summed E-state index contributed by atoms with van der Waals surface area (Å²) in [5.41, 5.74) is 6.95. The molecule has 0 aliphatic carbocycles. The van der Waals surface area contributed by atoms with Crippen molar-refractivity contribution in [2.45, 2.75) is 19.4 Å². The smallest absolute Gasteiger partial charge is 0.122 e. The summed E-state index contributed by atoms with van der Waals surface area (Å²) in [7, 11) is 1.67. The molecule has 0 aliphatic rings. The minimum absolute atomic E-state index is 0.116. The Balaban J connectivity index is 2.78. The van der Waals surface area contributed by atoms with Crippen LogP contribution in [0.4, 0.5) is 0 Å². The van der Waals surface area contributed by atoms with Gasteiger partial charge in [-0.3, -0.25) is 0 Å². The third-order valence-electron chi connectivity index (χ3n) is 2.35. The van der Waals surface area contributed by atoms with Crippen LogP contribution in [-0.4, -0.2) is 31.8 Å². The molecule has 0 aliphatic heterocycles. The van der Waals surface area contributed by atoms with Crippen molar-refractivity contribution in [1.82, 2.24) is 0 Å². The Labute approximate surface area is 108 Å². The predicted molar refractivity (Wildman–Crippen MR) is 74.2 cm³/mol. The van der Waals surface area contributed by atoms with E-state index in [0.717, 1.165) is 35.8 Å². The monoisotopic (exact) mass is 255 g/mol. The van der Waals surface area contributed by atoms with Crippen molar-refractivity contribution in [3.63, 3.8) is 0 Å². The molecule has 96 valence electrons. The zero-order valence-corrected chi connectivity index (χ0v) is 11.5. The van der Waals surface area contributed by atoms with Crippen LogP contribution in [0.2, 0.25) is 0 Å². The Kier molecular flexibility index (Phi) is 6.22. The van der Waals surface area contributed by atoms with E-state index in [2.05, 4.69) is 6.26 Å². The molecule has 3 nitrogen and oxygen atoms in total. The van der Waals surface area contributed by atoms with Gasteiger partial charge < -0.3 is 15.2 Å². The molecule has 1 rings (SSSR count). The first-order chi connectivity index (χ1) is 8.17. The van der Waals surface area contributed by atoms with Crippen molar-refractivity contribution < 1.29 is 9.47 Å². The summed E-state index contributed by atoms with van der Waals surface area (Å²) >= 11 is 1.77. The van der Waals surface area contributed by atoms with Crippen LogP contribution in [-0.2, 0) is 6.42 Å². The fourth-order valence-corrected chi connectivity index (χ4v) is 1.81. The second-order valence-corrected chi connectivity index (χ2v) is 4.98. The number of hydrogen-bond acceptors (Lipinski definition) is 4. The number of benzene rings is 1. The summed E-state index contributed by atoms with van der Waals surface area (Å²) < 4.78 is 11.0. The molecule has 0 spiro atoms. The molecule has 17 heavy (non-hydrogen) atoms. The first-order valence-corrected chi connectivity index (χ1v) is 7.11. The van der Waals surface area contributed by atoms with Gasteiger partial charge in [0.15, 0.2) is 0 Å². The van der Waals surface area contributed by atoms with E-state index in [4.69, 9.17) is 15.2 Å². The Morgan fingerprint density at radius 2 is 2.18 bits per heavy atom. The minimum atomic E-state index is 0.116. The van der Waals surface area contributed by atoms with Crippen molar-refractivity contribution in [3.05, 3.63) is 23.8 Å². The van der Waals surface area contributed by atoms with Crippen LogP contribution in [0.15, 0.2) is 18.2 Å². The maximum absolute atomic E-state index is 5.84. The van der Waals surface area contributed by atoms with E-state index in [-0.39, 0.29) is 6.04 Å². The van der Waals surface area contributed by atoms with Crippen LogP contribution in [0.1, 0.15) is 12.5 Å². The van der Waals surface area contributed by atoms with Gasteiger partial charge in [0.2, 0.25) is 0 Å². The highest BCUT2D eigenvalue weighted by molar-refractivity contribution is 7.98. The number of hydrogen-bond donors (Lipinski definition) is 1. The number of thioether (sulfide) groups is 1. The van der Waals surface area contributed by atoms with Gasteiger partial charge >= 0.3 is 0 Å². The Bertz CT molecular complexity index is 342. The molecule has 1 unspecified atom stereocenters.